The van der Waals surface area contributed by atoms with Gasteiger partial charge in [-0.3, -0.25) is 0 Å². The van der Waals surface area contributed by atoms with E-state index in [0.29, 0.717) is 12.1 Å². The van der Waals surface area contributed by atoms with Gasteiger partial charge in [-0.25, -0.2) is 4.39 Å². The van der Waals surface area contributed by atoms with Gasteiger partial charge in [-0.2, -0.15) is 0 Å². The summed E-state index contributed by atoms with van der Waals surface area (Å²) >= 11 is 3.37. The standard InChI is InChI=1S/C12H11BrFNO/c1-8-6-9(2-3-11(8)14)15-7-12-10(13)4-5-16-12/h2-6,15H,7H2,1H3. The molecule has 0 fully saturated rings. The van der Waals surface area contributed by atoms with E-state index in [1.165, 1.54) is 6.07 Å². The van der Waals surface area contributed by atoms with Gasteiger partial charge in [0, 0.05) is 5.69 Å². The number of benzene rings is 1. The van der Waals surface area contributed by atoms with Gasteiger partial charge in [0.15, 0.2) is 0 Å². The molecule has 0 bridgehead atoms. The minimum absolute atomic E-state index is 0.190. The van der Waals surface area contributed by atoms with Gasteiger partial charge >= 0.3 is 0 Å². The van der Waals surface area contributed by atoms with Crippen molar-refractivity contribution < 1.29 is 8.81 Å². The first kappa shape index (κ1) is 11.2. The van der Waals surface area contributed by atoms with Crippen LogP contribution in [0.25, 0.3) is 0 Å². The maximum atomic E-state index is 13.0. The van der Waals surface area contributed by atoms with Crippen LogP contribution in [-0.2, 0) is 6.54 Å². The molecule has 0 saturated carbocycles. The molecule has 0 aliphatic rings. The van der Waals surface area contributed by atoms with Crippen LogP contribution >= 0.6 is 15.9 Å². The molecule has 1 aromatic heterocycles. The normalized spacial score (nSPS) is 10.4. The monoisotopic (exact) mass is 283 g/mol. The molecule has 0 aliphatic heterocycles. The Balaban J connectivity index is 2.05. The SMILES string of the molecule is Cc1cc(NCc2occc2Br)ccc1F. The van der Waals surface area contributed by atoms with E-state index in [-0.39, 0.29) is 5.82 Å². The molecular formula is C12H11BrFNO. The molecule has 84 valence electrons. The summed E-state index contributed by atoms with van der Waals surface area (Å²) in [7, 11) is 0. The number of aryl methyl sites for hydroxylation is 1. The number of furan rings is 1. The molecular weight excluding hydrogens is 273 g/mol. The zero-order valence-electron chi connectivity index (χ0n) is 8.76. The van der Waals surface area contributed by atoms with Crippen LogP contribution in [0.15, 0.2) is 39.4 Å². The topological polar surface area (TPSA) is 25.2 Å². The van der Waals surface area contributed by atoms with Gasteiger partial charge < -0.3 is 9.73 Å². The third-order valence-electron chi connectivity index (χ3n) is 2.30. The molecule has 1 heterocycles. The second-order valence-corrected chi connectivity index (χ2v) is 4.36. The fourth-order valence-corrected chi connectivity index (χ4v) is 1.73. The molecule has 0 saturated heterocycles. The molecule has 1 N–H and O–H groups in total. The van der Waals surface area contributed by atoms with Crippen LogP contribution in [0.3, 0.4) is 0 Å². The highest BCUT2D eigenvalue weighted by atomic mass is 79.9. The van der Waals surface area contributed by atoms with E-state index in [1.54, 1.807) is 25.3 Å². The summed E-state index contributed by atoms with van der Waals surface area (Å²) in [5.74, 6) is 0.631. The quantitative estimate of drug-likeness (QED) is 0.917. The molecule has 1 aromatic carbocycles. The van der Waals surface area contributed by atoms with E-state index < -0.39 is 0 Å². The Hall–Kier alpha value is -1.29. The molecule has 0 spiro atoms. The van der Waals surface area contributed by atoms with E-state index in [0.717, 1.165) is 15.9 Å². The number of anilines is 1. The molecule has 2 aromatic rings. The molecule has 2 nitrogen and oxygen atoms in total. The lowest BCUT2D eigenvalue weighted by Gasteiger charge is -2.06. The van der Waals surface area contributed by atoms with Gasteiger partial charge in [-0.1, -0.05) is 0 Å². The Morgan fingerprint density at radius 3 is 2.81 bits per heavy atom. The molecule has 0 atom stereocenters. The highest BCUT2D eigenvalue weighted by Crippen LogP contribution is 2.20. The summed E-state index contributed by atoms with van der Waals surface area (Å²) in [4.78, 5) is 0. The van der Waals surface area contributed by atoms with Crippen LogP contribution in [0.2, 0.25) is 0 Å². The van der Waals surface area contributed by atoms with Crippen molar-refractivity contribution in [2.75, 3.05) is 5.32 Å². The molecule has 4 heteroatoms. The summed E-state index contributed by atoms with van der Waals surface area (Å²) in [5, 5.41) is 3.17. The van der Waals surface area contributed by atoms with Gasteiger partial charge in [0.25, 0.3) is 0 Å². The maximum Gasteiger partial charge on any atom is 0.136 e. The molecule has 16 heavy (non-hydrogen) atoms. The average Bonchev–Trinajstić information content (AvgIpc) is 2.66. The Morgan fingerprint density at radius 2 is 2.19 bits per heavy atom. The van der Waals surface area contributed by atoms with Crippen molar-refractivity contribution in [1.82, 2.24) is 0 Å². The van der Waals surface area contributed by atoms with Crippen molar-refractivity contribution in [3.05, 3.63) is 52.1 Å². The minimum atomic E-state index is -0.190. The largest absolute Gasteiger partial charge is 0.466 e. The smallest absolute Gasteiger partial charge is 0.136 e. The van der Waals surface area contributed by atoms with Crippen LogP contribution in [-0.4, -0.2) is 0 Å². The third-order valence-corrected chi connectivity index (χ3v) is 3.01. The average molecular weight is 284 g/mol. The number of nitrogens with one attached hydrogen (secondary N) is 1. The van der Waals surface area contributed by atoms with Crippen molar-refractivity contribution in [2.24, 2.45) is 0 Å². The minimum Gasteiger partial charge on any atom is -0.466 e. The van der Waals surface area contributed by atoms with Gasteiger partial charge in [-0.15, -0.1) is 0 Å². The molecule has 0 radical (unpaired) electrons. The van der Waals surface area contributed by atoms with Crippen LogP contribution in [0, 0.1) is 12.7 Å². The summed E-state index contributed by atoms with van der Waals surface area (Å²) in [6.07, 6.45) is 1.62. The highest BCUT2D eigenvalue weighted by Gasteiger charge is 2.03. The van der Waals surface area contributed by atoms with E-state index in [2.05, 4.69) is 21.2 Å². The van der Waals surface area contributed by atoms with Gasteiger partial charge in [0.05, 0.1) is 17.3 Å². The predicted octanol–water partition coefficient (Wildman–Crippen LogP) is 4.10. The van der Waals surface area contributed by atoms with Crippen molar-refractivity contribution in [3.63, 3.8) is 0 Å². The lowest BCUT2D eigenvalue weighted by atomic mass is 10.2. The molecule has 2 rings (SSSR count). The molecule has 0 aliphatic carbocycles. The van der Waals surface area contributed by atoms with Crippen molar-refractivity contribution in [3.8, 4) is 0 Å². The van der Waals surface area contributed by atoms with Crippen LogP contribution in [0.5, 0.6) is 0 Å². The zero-order valence-corrected chi connectivity index (χ0v) is 10.3. The Bertz CT molecular complexity index is 496. The number of halogens is 2. The van der Waals surface area contributed by atoms with E-state index in [9.17, 15) is 4.39 Å². The Kier molecular flexibility index (Phi) is 3.29. The lowest BCUT2D eigenvalue weighted by Crippen LogP contribution is -1.99. The van der Waals surface area contributed by atoms with Crippen LogP contribution in [0.1, 0.15) is 11.3 Å². The second-order valence-electron chi connectivity index (χ2n) is 3.51. The van der Waals surface area contributed by atoms with Gasteiger partial charge in [0.2, 0.25) is 0 Å². The Morgan fingerprint density at radius 1 is 1.38 bits per heavy atom. The zero-order chi connectivity index (χ0) is 11.5. The van der Waals surface area contributed by atoms with Crippen LogP contribution in [0.4, 0.5) is 10.1 Å². The van der Waals surface area contributed by atoms with Crippen molar-refractivity contribution in [1.29, 1.82) is 0 Å². The van der Waals surface area contributed by atoms with Crippen LogP contribution < -0.4 is 5.32 Å². The molecule has 0 unspecified atom stereocenters. The molecule has 0 amide bonds. The highest BCUT2D eigenvalue weighted by molar-refractivity contribution is 9.10. The number of hydrogen-bond donors (Lipinski definition) is 1. The van der Waals surface area contributed by atoms with E-state index in [1.807, 2.05) is 6.07 Å². The predicted molar refractivity (Wildman–Crippen MR) is 64.9 cm³/mol. The van der Waals surface area contributed by atoms with Crippen molar-refractivity contribution >= 4 is 21.6 Å². The fourth-order valence-electron chi connectivity index (χ4n) is 1.39. The number of rotatable bonds is 3. The first-order valence-corrected chi connectivity index (χ1v) is 5.68. The summed E-state index contributed by atoms with van der Waals surface area (Å²) < 4.78 is 19.2. The Labute approximate surface area is 102 Å². The van der Waals surface area contributed by atoms with Gasteiger partial charge in [0.1, 0.15) is 11.6 Å². The second kappa shape index (κ2) is 4.70. The van der Waals surface area contributed by atoms with Crippen molar-refractivity contribution in [2.45, 2.75) is 13.5 Å². The van der Waals surface area contributed by atoms with E-state index >= 15 is 0 Å². The third kappa shape index (κ3) is 2.44. The summed E-state index contributed by atoms with van der Waals surface area (Å²) in [6.45, 7) is 2.31. The summed E-state index contributed by atoms with van der Waals surface area (Å²) in [5.41, 5.74) is 1.51. The maximum absolute atomic E-state index is 13.0. The number of hydrogen-bond acceptors (Lipinski definition) is 2. The summed E-state index contributed by atoms with van der Waals surface area (Å²) in [6, 6.07) is 6.77. The van der Waals surface area contributed by atoms with Gasteiger partial charge in [-0.05, 0) is 52.7 Å². The lowest BCUT2D eigenvalue weighted by molar-refractivity contribution is 0.516. The first-order valence-electron chi connectivity index (χ1n) is 4.88. The fraction of sp³-hybridized carbons (Fsp3) is 0.167. The first-order chi connectivity index (χ1) is 7.66. The van der Waals surface area contributed by atoms with E-state index in [4.69, 9.17) is 4.42 Å².